The Morgan fingerprint density at radius 3 is 2.65 bits per heavy atom. The zero-order valence-electron chi connectivity index (χ0n) is 10.4. The normalized spacial score (nSPS) is 18.2. The number of phenols is 1. The lowest BCUT2D eigenvalue weighted by molar-refractivity contribution is 0.314. The van der Waals surface area contributed by atoms with Crippen molar-refractivity contribution in [3.8, 4) is 11.5 Å². The van der Waals surface area contributed by atoms with E-state index >= 15 is 0 Å². The van der Waals surface area contributed by atoms with E-state index in [2.05, 4.69) is 0 Å². The molecule has 0 bridgehead atoms. The Kier molecular flexibility index (Phi) is 3.57. The van der Waals surface area contributed by atoms with Crippen LogP contribution in [0.3, 0.4) is 0 Å². The Balaban J connectivity index is 2.48. The number of rotatable bonds is 4. The first-order chi connectivity index (χ1) is 8.23. The van der Waals surface area contributed by atoms with Gasteiger partial charge in [0.2, 0.25) is 0 Å². The molecule has 1 aliphatic rings. The van der Waals surface area contributed by atoms with Crippen molar-refractivity contribution in [3.63, 3.8) is 0 Å². The van der Waals surface area contributed by atoms with Gasteiger partial charge in [-0.3, -0.25) is 0 Å². The monoisotopic (exact) mass is 235 g/mol. The smallest absolute Gasteiger partial charge is 0.126 e. The van der Waals surface area contributed by atoms with Gasteiger partial charge in [-0.05, 0) is 31.9 Å². The molecule has 0 saturated heterocycles. The quantitative estimate of drug-likeness (QED) is 0.843. The fourth-order valence-electron chi connectivity index (χ4n) is 2.94. The van der Waals surface area contributed by atoms with Crippen molar-refractivity contribution >= 4 is 0 Å². The molecule has 3 heteroatoms. The molecule has 94 valence electrons. The molecule has 0 radical (unpaired) electrons. The highest BCUT2D eigenvalue weighted by Gasteiger charge is 2.38. The van der Waals surface area contributed by atoms with Crippen LogP contribution in [0.1, 0.15) is 38.2 Å². The Morgan fingerprint density at radius 1 is 1.35 bits per heavy atom. The van der Waals surface area contributed by atoms with Gasteiger partial charge in [0.25, 0.3) is 0 Å². The summed E-state index contributed by atoms with van der Waals surface area (Å²) in [7, 11) is 0. The highest BCUT2D eigenvalue weighted by atomic mass is 16.5. The minimum absolute atomic E-state index is 0.0875. The first kappa shape index (κ1) is 12.2. The van der Waals surface area contributed by atoms with Gasteiger partial charge < -0.3 is 15.6 Å². The summed E-state index contributed by atoms with van der Waals surface area (Å²) in [6.07, 6.45) is 4.44. The average Bonchev–Trinajstić information content (AvgIpc) is 2.79. The third kappa shape index (κ3) is 2.12. The molecule has 3 N–H and O–H groups in total. The largest absolute Gasteiger partial charge is 0.508 e. The highest BCUT2D eigenvalue weighted by Crippen LogP contribution is 2.47. The molecule has 0 amide bonds. The van der Waals surface area contributed by atoms with E-state index in [4.69, 9.17) is 10.5 Å². The molecule has 0 spiro atoms. The molecule has 1 aromatic carbocycles. The fourth-order valence-corrected chi connectivity index (χ4v) is 2.94. The van der Waals surface area contributed by atoms with Crippen LogP contribution in [0.15, 0.2) is 18.2 Å². The lowest BCUT2D eigenvalue weighted by atomic mass is 9.78. The van der Waals surface area contributed by atoms with Crippen LogP contribution >= 0.6 is 0 Å². The summed E-state index contributed by atoms with van der Waals surface area (Å²) < 4.78 is 5.64. The SMILES string of the molecule is CCOc1cccc(O)c1C1(CN)CCCC1. The molecule has 0 atom stereocenters. The Labute approximate surface area is 103 Å². The molecule has 1 fully saturated rings. The van der Waals surface area contributed by atoms with Crippen molar-refractivity contribution in [3.05, 3.63) is 23.8 Å². The molecular formula is C14H21NO2. The van der Waals surface area contributed by atoms with Crippen molar-refractivity contribution in [2.75, 3.05) is 13.2 Å². The highest BCUT2D eigenvalue weighted by molar-refractivity contribution is 5.50. The first-order valence-electron chi connectivity index (χ1n) is 6.39. The van der Waals surface area contributed by atoms with E-state index in [-0.39, 0.29) is 5.41 Å². The maximum atomic E-state index is 10.1. The van der Waals surface area contributed by atoms with Gasteiger partial charge >= 0.3 is 0 Å². The molecule has 0 aliphatic heterocycles. The minimum Gasteiger partial charge on any atom is -0.508 e. The Morgan fingerprint density at radius 2 is 2.06 bits per heavy atom. The van der Waals surface area contributed by atoms with E-state index in [1.165, 1.54) is 12.8 Å². The molecule has 3 nitrogen and oxygen atoms in total. The van der Waals surface area contributed by atoms with Crippen molar-refractivity contribution in [1.82, 2.24) is 0 Å². The fraction of sp³-hybridized carbons (Fsp3) is 0.571. The van der Waals surface area contributed by atoms with Gasteiger partial charge in [-0.15, -0.1) is 0 Å². The topological polar surface area (TPSA) is 55.5 Å². The number of phenolic OH excluding ortho intramolecular Hbond substituents is 1. The van der Waals surface area contributed by atoms with Crippen LogP contribution in [0, 0.1) is 0 Å². The number of benzene rings is 1. The van der Waals surface area contributed by atoms with Crippen molar-refractivity contribution < 1.29 is 9.84 Å². The van der Waals surface area contributed by atoms with Crippen LogP contribution in [-0.4, -0.2) is 18.3 Å². The van der Waals surface area contributed by atoms with Gasteiger partial charge in [0, 0.05) is 17.5 Å². The first-order valence-corrected chi connectivity index (χ1v) is 6.39. The van der Waals surface area contributed by atoms with Crippen LogP contribution in [0.2, 0.25) is 0 Å². The second-order valence-corrected chi connectivity index (χ2v) is 4.77. The summed E-state index contributed by atoms with van der Waals surface area (Å²) in [6, 6.07) is 5.48. The van der Waals surface area contributed by atoms with E-state index in [0.717, 1.165) is 24.2 Å². The van der Waals surface area contributed by atoms with Crippen LogP contribution in [0.5, 0.6) is 11.5 Å². The van der Waals surface area contributed by atoms with Gasteiger partial charge in [-0.1, -0.05) is 18.9 Å². The molecule has 1 aromatic rings. The van der Waals surface area contributed by atoms with Crippen LogP contribution in [0.4, 0.5) is 0 Å². The van der Waals surface area contributed by atoms with Gasteiger partial charge in [-0.2, -0.15) is 0 Å². The average molecular weight is 235 g/mol. The van der Waals surface area contributed by atoms with Crippen LogP contribution in [-0.2, 0) is 5.41 Å². The van der Waals surface area contributed by atoms with Crippen molar-refractivity contribution in [2.24, 2.45) is 5.73 Å². The van der Waals surface area contributed by atoms with Gasteiger partial charge in [-0.25, -0.2) is 0 Å². The summed E-state index contributed by atoms with van der Waals surface area (Å²) in [5.74, 6) is 1.11. The summed E-state index contributed by atoms with van der Waals surface area (Å²) in [4.78, 5) is 0. The zero-order valence-corrected chi connectivity index (χ0v) is 10.4. The third-order valence-electron chi connectivity index (χ3n) is 3.79. The van der Waals surface area contributed by atoms with Gasteiger partial charge in [0.15, 0.2) is 0 Å². The Bertz CT molecular complexity index is 384. The van der Waals surface area contributed by atoms with E-state index in [1.807, 2.05) is 19.1 Å². The number of hydrogen-bond donors (Lipinski definition) is 2. The number of hydrogen-bond acceptors (Lipinski definition) is 3. The summed E-state index contributed by atoms with van der Waals surface area (Å²) in [5, 5.41) is 10.1. The Hall–Kier alpha value is -1.22. The zero-order chi connectivity index (χ0) is 12.3. The molecule has 0 heterocycles. The minimum atomic E-state index is -0.0875. The second kappa shape index (κ2) is 4.96. The second-order valence-electron chi connectivity index (χ2n) is 4.77. The third-order valence-corrected chi connectivity index (χ3v) is 3.79. The molecule has 0 unspecified atom stereocenters. The summed E-state index contributed by atoms with van der Waals surface area (Å²) in [6.45, 7) is 3.14. The summed E-state index contributed by atoms with van der Waals surface area (Å²) in [5.41, 5.74) is 6.80. The summed E-state index contributed by atoms with van der Waals surface area (Å²) >= 11 is 0. The van der Waals surface area contributed by atoms with E-state index in [9.17, 15) is 5.11 Å². The maximum Gasteiger partial charge on any atom is 0.126 e. The predicted octanol–water partition coefficient (Wildman–Crippen LogP) is 2.56. The molecular weight excluding hydrogens is 214 g/mol. The molecule has 17 heavy (non-hydrogen) atoms. The molecule has 1 saturated carbocycles. The van der Waals surface area contributed by atoms with Gasteiger partial charge in [0.1, 0.15) is 11.5 Å². The lowest BCUT2D eigenvalue weighted by Gasteiger charge is -2.30. The molecule has 0 aromatic heterocycles. The molecule has 1 aliphatic carbocycles. The predicted molar refractivity (Wildman–Crippen MR) is 68.5 cm³/mol. The van der Waals surface area contributed by atoms with E-state index in [0.29, 0.717) is 18.9 Å². The van der Waals surface area contributed by atoms with Crippen LogP contribution in [0.25, 0.3) is 0 Å². The number of ether oxygens (including phenoxy) is 1. The van der Waals surface area contributed by atoms with Crippen LogP contribution < -0.4 is 10.5 Å². The van der Waals surface area contributed by atoms with Crippen molar-refractivity contribution in [2.45, 2.75) is 38.0 Å². The number of aromatic hydroxyl groups is 1. The molecule has 2 rings (SSSR count). The maximum absolute atomic E-state index is 10.1. The van der Waals surface area contributed by atoms with E-state index in [1.54, 1.807) is 6.07 Å². The van der Waals surface area contributed by atoms with Crippen molar-refractivity contribution in [1.29, 1.82) is 0 Å². The van der Waals surface area contributed by atoms with E-state index < -0.39 is 0 Å². The number of nitrogens with two attached hydrogens (primary N) is 1. The van der Waals surface area contributed by atoms with Gasteiger partial charge in [0.05, 0.1) is 6.61 Å². The standard InChI is InChI=1S/C14H21NO2/c1-2-17-12-7-5-6-11(16)13(12)14(10-15)8-3-4-9-14/h5-7,16H,2-4,8-10,15H2,1H3. The lowest BCUT2D eigenvalue weighted by Crippen LogP contribution is -2.32.